The van der Waals surface area contributed by atoms with E-state index in [1.54, 1.807) is 24.1 Å². The molecule has 9 heteroatoms. The number of amides is 1. The van der Waals surface area contributed by atoms with Crippen LogP contribution in [0.15, 0.2) is 47.5 Å². The van der Waals surface area contributed by atoms with Gasteiger partial charge in [-0.25, -0.2) is 0 Å². The fourth-order valence-corrected chi connectivity index (χ4v) is 3.50. The van der Waals surface area contributed by atoms with Crippen molar-refractivity contribution >= 4 is 41.5 Å². The van der Waals surface area contributed by atoms with Gasteiger partial charge < -0.3 is 20.3 Å². The van der Waals surface area contributed by atoms with E-state index in [-0.39, 0.29) is 48.7 Å². The van der Waals surface area contributed by atoms with E-state index < -0.39 is 6.61 Å². The molecule has 2 aromatic rings. The van der Waals surface area contributed by atoms with Crippen molar-refractivity contribution in [3.8, 4) is 5.75 Å². The number of carbonyl (C=O) groups is 1. The second-order valence-electron chi connectivity index (χ2n) is 7.05. The first-order chi connectivity index (χ1) is 14.5. The van der Waals surface area contributed by atoms with Gasteiger partial charge in [0.1, 0.15) is 5.75 Å². The molecule has 0 saturated carbocycles. The fraction of sp³-hybridized carbons (Fsp3) is 0.364. The lowest BCUT2D eigenvalue weighted by Gasteiger charge is -2.29. The van der Waals surface area contributed by atoms with Crippen LogP contribution in [0.5, 0.6) is 5.75 Å². The topological polar surface area (TPSA) is 66.0 Å². The molecule has 1 aliphatic heterocycles. The number of nitrogens with one attached hydrogen (secondary N) is 2. The molecule has 0 fully saturated rings. The largest absolute Gasteiger partial charge is 0.434 e. The molecule has 2 aromatic carbocycles. The van der Waals surface area contributed by atoms with Gasteiger partial charge in [0.25, 0.3) is 0 Å². The third-order valence-corrected chi connectivity index (χ3v) is 4.92. The number of rotatable bonds is 6. The molecule has 6 nitrogen and oxygen atoms in total. The van der Waals surface area contributed by atoms with E-state index in [4.69, 9.17) is 0 Å². The van der Waals surface area contributed by atoms with E-state index >= 15 is 0 Å². The number of aryl methyl sites for hydroxylation is 2. The van der Waals surface area contributed by atoms with Crippen LogP contribution >= 0.6 is 24.0 Å². The van der Waals surface area contributed by atoms with Gasteiger partial charge in [-0.3, -0.25) is 9.79 Å². The summed E-state index contributed by atoms with van der Waals surface area (Å²) in [5.74, 6) is 0.458. The Morgan fingerprint density at radius 2 is 2.00 bits per heavy atom. The third kappa shape index (κ3) is 6.78. The quantitative estimate of drug-likeness (QED) is 0.330. The van der Waals surface area contributed by atoms with E-state index in [9.17, 15) is 13.6 Å². The molecule has 0 spiro atoms. The van der Waals surface area contributed by atoms with Gasteiger partial charge in [0.2, 0.25) is 5.91 Å². The Balaban J connectivity index is 0.00000341. The van der Waals surface area contributed by atoms with Gasteiger partial charge in [-0.05, 0) is 37.5 Å². The number of halogens is 3. The molecule has 0 radical (unpaired) electrons. The van der Waals surface area contributed by atoms with Gasteiger partial charge in [0.15, 0.2) is 5.96 Å². The summed E-state index contributed by atoms with van der Waals surface area (Å²) >= 11 is 0. The lowest BCUT2D eigenvalue weighted by molar-refractivity contribution is -0.117. The van der Waals surface area contributed by atoms with Gasteiger partial charge in [0, 0.05) is 31.4 Å². The summed E-state index contributed by atoms with van der Waals surface area (Å²) < 4.78 is 29.9. The maximum atomic E-state index is 12.8. The highest BCUT2D eigenvalue weighted by Gasteiger charge is 2.22. The molecule has 3 rings (SSSR count). The van der Waals surface area contributed by atoms with Crippen LogP contribution in [-0.4, -0.2) is 38.6 Å². The van der Waals surface area contributed by atoms with Crippen LogP contribution in [0, 0.1) is 6.92 Å². The summed E-state index contributed by atoms with van der Waals surface area (Å²) in [7, 11) is 1.59. The van der Waals surface area contributed by atoms with Gasteiger partial charge in [0.05, 0.1) is 6.54 Å². The lowest BCUT2D eigenvalue weighted by Crippen LogP contribution is -2.45. The standard InChI is InChI=1S/C22H26F2N4O2.HI/c1-15-9-10-19(30-21(23)24)17(12-15)13-26-22(25-2)27-14-20(29)28-11-5-7-16-6-3-4-8-18(16)28;/h3-4,6,8-10,12,21H,5,7,11,13-14H2,1-2H3,(H2,25,26,27);1H. The number of ether oxygens (including phenoxy) is 1. The van der Waals surface area contributed by atoms with Crippen molar-refractivity contribution in [2.24, 2.45) is 4.99 Å². The number of guanidine groups is 1. The molecule has 0 saturated heterocycles. The zero-order valence-corrected chi connectivity index (χ0v) is 19.9. The average Bonchev–Trinajstić information content (AvgIpc) is 2.74. The van der Waals surface area contributed by atoms with E-state index in [0.717, 1.165) is 24.1 Å². The summed E-state index contributed by atoms with van der Waals surface area (Å²) in [6, 6.07) is 12.9. The number of carbonyl (C=O) groups excluding carboxylic acids is 1. The van der Waals surface area contributed by atoms with Crippen LogP contribution in [-0.2, 0) is 17.8 Å². The van der Waals surface area contributed by atoms with E-state index in [1.165, 1.54) is 11.6 Å². The Labute approximate surface area is 198 Å². The smallest absolute Gasteiger partial charge is 0.387 e. The first-order valence-electron chi connectivity index (χ1n) is 9.85. The molecule has 0 aromatic heterocycles. The summed E-state index contributed by atoms with van der Waals surface area (Å²) in [5.41, 5.74) is 3.63. The average molecular weight is 544 g/mol. The van der Waals surface area contributed by atoms with Crippen molar-refractivity contribution in [3.63, 3.8) is 0 Å². The second kappa shape index (κ2) is 11.8. The van der Waals surface area contributed by atoms with Crippen LogP contribution in [0.3, 0.4) is 0 Å². The number of nitrogens with zero attached hydrogens (tertiary/aromatic N) is 2. The SMILES string of the molecule is CN=C(NCC(=O)N1CCCc2ccccc21)NCc1cc(C)ccc1OC(F)F.I. The van der Waals surface area contributed by atoms with E-state index in [1.807, 2.05) is 31.2 Å². The maximum Gasteiger partial charge on any atom is 0.387 e. The van der Waals surface area contributed by atoms with Crippen LogP contribution in [0.25, 0.3) is 0 Å². The Bertz CT molecular complexity index is 924. The number of aliphatic imine (C=N–C) groups is 1. The monoisotopic (exact) mass is 544 g/mol. The molecule has 0 aliphatic carbocycles. The van der Waals surface area contributed by atoms with Gasteiger partial charge >= 0.3 is 6.61 Å². The molecule has 31 heavy (non-hydrogen) atoms. The zero-order chi connectivity index (χ0) is 21.5. The highest BCUT2D eigenvalue weighted by atomic mass is 127. The summed E-state index contributed by atoms with van der Waals surface area (Å²) in [6.45, 7) is -0.0419. The highest BCUT2D eigenvalue weighted by Crippen LogP contribution is 2.26. The van der Waals surface area contributed by atoms with E-state index in [2.05, 4.69) is 20.4 Å². The molecule has 0 unspecified atom stereocenters. The Morgan fingerprint density at radius 3 is 2.74 bits per heavy atom. The molecule has 2 N–H and O–H groups in total. The summed E-state index contributed by atoms with van der Waals surface area (Å²) in [6.07, 6.45) is 1.89. The molecular weight excluding hydrogens is 517 g/mol. The predicted molar refractivity (Wildman–Crippen MR) is 129 cm³/mol. The zero-order valence-electron chi connectivity index (χ0n) is 17.5. The Kier molecular flexibility index (Phi) is 9.47. The van der Waals surface area contributed by atoms with E-state index in [0.29, 0.717) is 18.1 Å². The molecule has 168 valence electrons. The number of anilines is 1. The van der Waals surface area contributed by atoms with Crippen LogP contribution in [0.4, 0.5) is 14.5 Å². The molecule has 1 heterocycles. The summed E-state index contributed by atoms with van der Waals surface area (Å²) in [5, 5.41) is 6.05. The minimum Gasteiger partial charge on any atom is -0.434 e. The first kappa shape index (κ1) is 24.8. The number of hydrogen-bond acceptors (Lipinski definition) is 3. The van der Waals surface area contributed by atoms with Crippen LogP contribution in [0.1, 0.15) is 23.1 Å². The number of fused-ring (bicyclic) bond motifs is 1. The summed E-state index contributed by atoms with van der Waals surface area (Å²) in [4.78, 5) is 18.7. The number of hydrogen-bond donors (Lipinski definition) is 2. The lowest BCUT2D eigenvalue weighted by atomic mass is 10.0. The van der Waals surface area contributed by atoms with Gasteiger partial charge in [-0.2, -0.15) is 8.78 Å². The molecule has 0 atom stereocenters. The minimum atomic E-state index is -2.89. The first-order valence-corrected chi connectivity index (χ1v) is 9.85. The predicted octanol–water partition coefficient (Wildman–Crippen LogP) is 3.86. The molecule has 0 bridgehead atoms. The Morgan fingerprint density at radius 1 is 1.23 bits per heavy atom. The van der Waals surface area contributed by atoms with Crippen LogP contribution < -0.4 is 20.3 Å². The molecule has 1 aliphatic rings. The van der Waals surface area contributed by atoms with Crippen molar-refractivity contribution in [1.29, 1.82) is 0 Å². The number of para-hydroxylation sites is 1. The maximum absolute atomic E-state index is 12.8. The van der Waals surface area contributed by atoms with Crippen molar-refractivity contribution in [3.05, 3.63) is 59.2 Å². The highest BCUT2D eigenvalue weighted by molar-refractivity contribution is 14.0. The minimum absolute atomic E-state index is 0. The van der Waals surface area contributed by atoms with Crippen molar-refractivity contribution in [2.75, 3.05) is 25.0 Å². The Hall–Kier alpha value is -2.43. The normalized spacial score (nSPS) is 13.3. The number of benzene rings is 2. The van der Waals surface area contributed by atoms with Gasteiger partial charge in [-0.1, -0.05) is 35.9 Å². The van der Waals surface area contributed by atoms with Crippen LogP contribution in [0.2, 0.25) is 0 Å². The molecular formula is C22H27F2IN4O2. The van der Waals surface area contributed by atoms with Gasteiger partial charge in [-0.15, -0.1) is 24.0 Å². The molecule has 1 amide bonds. The number of alkyl halides is 2. The van der Waals surface area contributed by atoms with Crippen molar-refractivity contribution < 1.29 is 18.3 Å². The fourth-order valence-electron chi connectivity index (χ4n) is 3.50. The second-order valence-corrected chi connectivity index (χ2v) is 7.05. The van der Waals surface area contributed by atoms with Crippen molar-refractivity contribution in [1.82, 2.24) is 10.6 Å². The van der Waals surface area contributed by atoms with Crippen molar-refractivity contribution in [2.45, 2.75) is 32.9 Å². The third-order valence-electron chi connectivity index (χ3n) is 4.92.